The van der Waals surface area contributed by atoms with Gasteiger partial charge in [0.1, 0.15) is 11.5 Å². The highest BCUT2D eigenvalue weighted by atomic mass is 16.5. The van der Waals surface area contributed by atoms with Crippen molar-refractivity contribution in [2.75, 3.05) is 39.3 Å². The number of methoxy groups -OCH3 is 2. The summed E-state index contributed by atoms with van der Waals surface area (Å²) in [7, 11) is 5.49. The van der Waals surface area contributed by atoms with Crippen molar-refractivity contribution < 1.29 is 9.47 Å². The van der Waals surface area contributed by atoms with Crippen LogP contribution < -0.4 is 19.7 Å². The van der Waals surface area contributed by atoms with Crippen LogP contribution in [0.4, 0.5) is 5.69 Å². The van der Waals surface area contributed by atoms with Crippen molar-refractivity contribution in [1.29, 1.82) is 0 Å². The number of hydrogen-bond donors (Lipinski definition) is 1. The smallest absolute Gasteiger partial charge is 0.148 e. The monoisotopic (exact) mass is 264 g/mol. The second-order valence-corrected chi connectivity index (χ2v) is 5.10. The summed E-state index contributed by atoms with van der Waals surface area (Å²) in [5.74, 6) is 1.76. The molecule has 1 aliphatic carbocycles. The zero-order chi connectivity index (χ0) is 13.8. The van der Waals surface area contributed by atoms with Crippen LogP contribution in [0.5, 0.6) is 11.5 Å². The molecule has 1 saturated carbocycles. The van der Waals surface area contributed by atoms with Crippen LogP contribution in [0, 0.1) is 6.92 Å². The molecule has 0 bridgehead atoms. The third-order valence-electron chi connectivity index (χ3n) is 3.63. The molecule has 1 N–H and O–H groups in total. The molecule has 0 spiro atoms. The van der Waals surface area contributed by atoms with E-state index in [2.05, 4.69) is 23.3 Å². The fourth-order valence-corrected chi connectivity index (χ4v) is 2.28. The molecule has 4 nitrogen and oxygen atoms in total. The molecule has 0 radical (unpaired) electrons. The van der Waals surface area contributed by atoms with Gasteiger partial charge in [-0.3, -0.25) is 0 Å². The highest BCUT2D eigenvalue weighted by Gasteiger charge is 2.20. The Morgan fingerprint density at radius 1 is 1.26 bits per heavy atom. The summed E-state index contributed by atoms with van der Waals surface area (Å²) in [5, 5.41) is 3.52. The SMILES string of the molecule is COc1ccc(N(C)CCNC2CC2)c(OC)c1C. The van der Waals surface area contributed by atoms with Gasteiger partial charge in [-0.25, -0.2) is 0 Å². The summed E-state index contributed by atoms with van der Waals surface area (Å²) in [6, 6.07) is 4.81. The van der Waals surface area contributed by atoms with Gasteiger partial charge in [-0.15, -0.1) is 0 Å². The van der Waals surface area contributed by atoms with Crippen molar-refractivity contribution in [1.82, 2.24) is 5.32 Å². The van der Waals surface area contributed by atoms with Gasteiger partial charge in [0.05, 0.1) is 19.9 Å². The molecule has 1 aliphatic rings. The van der Waals surface area contributed by atoms with Crippen LogP contribution in [0.25, 0.3) is 0 Å². The lowest BCUT2D eigenvalue weighted by Gasteiger charge is -2.24. The predicted molar refractivity (Wildman–Crippen MR) is 78.6 cm³/mol. The molecule has 0 aromatic heterocycles. The minimum atomic E-state index is 0.757. The Kier molecular flexibility index (Phi) is 4.53. The van der Waals surface area contributed by atoms with Gasteiger partial charge >= 0.3 is 0 Å². The molecule has 4 heteroatoms. The fourth-order valence-electron chi connectivity index (χ4n) is 2.28. The minimum Gasteiger partial charge on any atom is -0.496 e. The van der Waals surface area contributed by atoms with Crippen molar-refractivity contribution in [2.45, 2.75) is 25.8 Å². The normalized spacial score (nSPS) is 14.3. The van der Waals surface area contributed by atoms with Gasteiger partial charge in [0.2, 0.25) is 0 Å². The molecular weight excluding hydrogens is 240 g/mol. The van der Waals surface area contributed by atoms with Crippen molar-refractivity contribution in [3.63, 3.8) is 0 Å². The first-order valence-corrected chi connectivity index (χ1v) is 6.83. The van der Waals surface area contributed by atoms with E-state index in [9.17, 15) is 0 Å². The number of hydrogen-bond acceptors (Lipinski definition) is 4. The molecule has 106 valence electrons. The quantitative estimate of drug-likeness (QED) is 0.818. The highest BCUT2D eigenvalue weighted by molar-refractivity contribution is 5.65. The van der Waals surface area contributed by atoms with Gasteiger partial charge in [-0.1, -0.05) is 0 Å². The lowest BCUT2D eigenvalue weighted by Crippen LogP contribution is -2.30. The lowest BCUT2D eigenvalue weighted by atomic mass is 10.1. The van der Waals surface area contributed by atoms with Gasteiger partial charge in [-0.05, 0) is 31.9 Å². The molecule has 2 rings (SSSR count). The van der Waals surface area contributed by atoms with Crippen LogP contribution in [0.15, 0.2) is 12.1 Å². The Morgan fingerprint density at radius 2 is 2.00 bits per heavy atom. The number of nitrogens with zero attached hydrogens (tertiary/aromatic N) is 1. The molecule has 0 amide bonds. The molecule has 0 atom stereocenters. The van der Waals surface area contributed by atoms with Crippen LogP contribution in [0.1, 0.15) is 18.4 Å². The highest BCUT2D eigenvalue weighted by Crippen LogP contribution is 2.36. The van der Waals surface area contributed by atoms with E-state index >= 15 is 0 Å². The van der Waals surface area contributed by atoms with E-state index in [1.165, 1.54) is 12.8 Å². The van der Waals surface area contributed by atoms with Gasteiger partial charge in [0, 0.05) is 31.7 Å². The first-order valence-electron chi connectivity index (χ1n) is 6.83. The van der Waals surface area contributed by atoms with E-state index in [0.717, 1.165) is 41.9 Å². The van der Waals surface area contributed by atoms with Crippen molar-refractivity contribution in [3.05, 3.63) is 17.7 Å². The Morgan fingerprint density at radius 3 is 2.58 bits per heavy atom. The topological polar surface area (TPSA) is 33.7 Å². The summed E-state index contributed by atoms with van der Waals surface area (Å²) in [6.07, 6.45) is 2.66. The summed E-state index contributed by atoms with van der Waals surface area (Å²) in [5.41, 5.74) is 2.16. The molecule has 0 unspecified atom stereocenters. The fraction of sp³-hybridized carbons (Fsp3) is 0.600. The first kappa shape index (κ1) is 14.0. The molecule has 19 heavy (non-hydrogen) atoms. The molecule has 1 fully saturated rings. The lowest BCUT2D eigenvalue weighted by molar-refractivity contribution is 0.389. The van der Waals surface area contributed by atoms with Crippen molar-refractivity contribution in [3.8, 4) is 11.5 Å². The zero-order valence-electron chi connectivity index (χ0n) is 12.3. The third kappa shape index (κ3) is 3.32. The second-order valence-electron chi connectivity index (χ2n) is 5.10. The van der Waals surface area contributed by atoms with Crippen LogP contribution in [0.3, 0.4) is 0 Å². The summed E-state index contributed by atoms with van der Waals surface area (Å²) in [6.45, 7) is 4.01. The Labute approximate surface area is 115 Å². The standard InChI is InChI=1S/C15H24N2O2/c1-11-14(18-3)8-7-13(15(11)19-4)17(2)10-9-16-12-5-6-12/h7-8,12,16H,5-6,9-10H2,1-4H3. The van der Waals surface area contributed by atoms with Gasteiger partial charge < -0.3 is 19.7 Å². The van der Waals surface area contributed by atoms with Crippen LogP contribution in [0.2, 0.25) is 0 Å². The molecular formula is C15H24N2O2. The zero-order valence-corrected chi connectivity index (χ0v) is 12.3. The van der Waals surface area contributed by atoms with Gasteiger partial charge in [-0.2, -0.15) is 0 Å². The molecule has 0 heterocycles. The Balaban J connectivity index is 2.06. The van der Waals surface area contributed by atoms with Crippen molar-refractivity contribution in [2.24, 2.45) is 0 Å². The summed E-state index contributed by atoms with van der Waals surface area (Å²) in [4.78, 5) is 2.22. The van der Waals surface area contributed by atoms with Crippen molar-refractivity contribution >= 4 is 5.69 Å². The second kappa shape index (κ2) is 6.15. The average Bonchev–Trinajstić information content (AvgIpc) is 3.22. The van der Waals surface area contributed by atoms with Crippen LogP contribution >= 0.6 is 0 Å². The van der Waals surface area contributed by atoms with Gasteiger partial charge in [0.25, 0.3) is 0 Å². The largest absolute Gasteiger partial charge is 0.496 e. The molecule has 0 aliphatic heterocycles. The van der Waals surface area contributed by atoms with Gasteiger partial charge in [0.15, 0.2) is 0 Å². The van der Waals surface area contributed by atoms with E-state index in [1.54, 1.807) is 14.2 Å². The number of ether oxygens (including phenoxy) is 2. The Hall–Kier alpha value is -1.42. The third-order valence-corrected chi connectivity index (χ3v) is 3.63. The maximum Gasteiger partial charge on any atom is 0.148 e. The predicted octanol–water partition coefficient (Wildman–Crippen LogP) is 2.20. The van der Waals surface area contributed by atoms with Crippen LogP contribution in [-0.4, -0.2) is 40.4 Å². The average molecular weight is 264 g/mol. The molecule has 1 aromatic rings. The Bertz CT molecular complexity index is 430. The minimum absolute atomic E-state index is 0.757. The number of benzene rings is 1. The van der Waals surface area contributed by atoms with E-state index < -0.39 is 0 Å². The number of nitrogens with one attached hydrogen (secondary N) is 1. The van der Waals surface area contributed by atoms with E-state index in [1.807, 2.05) is 13.0 Å². The number of anilines is 1. The van der Waals surface area contributed by atoms with E-state index in [-0.39, 0.29) is 0 Å². The molecule has 0 saturated heterocycles. The maximum atomic E-state index is 5.54. The van der Waals surface area contributed by atoms with Crippen LogP contribution in [-0.2, 0) is 0 Å². The van der Waals surface area contributed by atoms with E-state index in [4.69, 9.17) is 9.47 Å². The first-order chi connectivity index (χ1) is 9.17. The number of rotatable bonds is 7. The molecule has 1 aromatic carbocycles. The summed E-state index contributed by atoms with van der Waals surface area (Å²) >= 11 is 0. The summed E-state index contributed by atoms with van der Waals surface area (Å²) < 4.78 is 10.9. The number of likely N-dealkylation sites (N-methyl/N-ethyl adjacent to an activating group) is 1. The maximum absolute atomic E-state index is 5.54. The van der Waals surface area contributed by atoms with E-state index in [0.29, 0.717) is 0 Å².